The fraction of sp³-hybridized carbons (Fsp3) is 0.0952. The predicted octanol–water partition coefficient (Wildman–Crippen LogP) is 3.25. The number of nitrogens with two attached hydrogens (primary N) is 2. The third-order valence-electron chi connectivity index (χ3n) is 4.17. The molecule has 1 aromatic heterocycles. The van der Waals surface area contributed by atoms with E-state index in [1.807, 2.05) is 0 Å². The van der Waals surface area contributed by atoms with Crippen molar-refractivity contribution < 1.29 is 18.7 Å². The molecular weight excluding hydrogens is 375 g/mol. The van der Waals surface area contributed by atoms with Gasteiger partial charge in [-0.1, -0.05) is 18.2 Å². The van der Waals surface area contributed by atoms with Gasteiger partial charge in [0.2, 0.25) is 5.91 Å². The van der Waals surface area contributed by atoms with Crippen LogP contribution in [0, 0.1) is 5.82 Å². The standard InChI is InChI=1S/C21H19FN4O3/c22-17-7-8-18(23)19(10-17)26(12-14-3-5-16(6-4-14)20(24)27)21(28)29-13-15-2-1-9-25-11-15/h1-11H,12-13,23H2,(H2,24,27). The summed E-state index contributed by atoms with van der Waals surface area (Å²) in [6.07, 6.45) is 2.49. The zero-order valence-electron chi connectivity index (χ0n) is 15.4. The number of rotatable bonds is 6. The van der Waals surface area contributed by atoms with Crippen LogP contribution in [0.4, 0.5) is 20.6 Å². The third kappa shape index (κ3) is 5.07. The number of carbonyl (C=O) groups excluding carboxylic acids is 2. The quantitative estimate of drug-likeness (QED) is 0.624. The smallest absolute Gasteiger partial charge is 0.415 e. The number of benzene rings is 2. The molecule has 0 atom stereocenters. The first-order valence-electron chi connectivity index (χ1n) is 8.71. The lowest BCUT2D eigenvalue weighted by atomic mass is 10.1. The van der Waals surface area contributed by atoms with Gasteiger partial charge < -0.3 is 16.2 Å². The average molecular weight is 394 g/mol. The second-order valence-electron chi connectivity index (χ2n) is 6.27. The van der Waals surface area contributed by atoms with Gasteiger partial charge in [0, 0.05) is 23.5 Å². The highest BCUT2D eigenvalue weighted by molar-refractivity contribution is 5.93. The van der Waals surface area contributed by atoms with Gasteiger partial charge in [0.25, 0.3) is 0 Å². The second kappa shape index (κ2) is 8.83. The number of nitrogens with zero attached hydrogens (tertiary/aromatic N) is 2. The van der Waals surface area contributed by atoms with Crippen LogP contribution >= 0.6 is 0 Å². The number of aromatic nitrogens is 1. The number of hydrogen-bond acceptors (Lipinski definition) is 5. The van der Waals surface area contributed by atoms with Gasteiger partial charge in [-0.2, -0.15) is 0 Å². The van der Waals surface area contributed by atoms with Gasteiger partial charge in [-0.3, -0.25) is 14.7 Å². The van der Waals surface area contributed by atoms with E-state index in [2.05, 4.69) is 4.98 Å². The van der Waals surface area contributed by atoms with Crippen molar-refractivity contribution in [2.45, 2.75) is 13.2 Å². The van der Waals surface area contributed by atoms with E-state index < -0.39 is 17.8 Å². The van der Waals surface area contributed by atoms with Gasteiger partial charge in [0.1, 0.15) is 12.4 Å². The van der Waals surface area contributed by atoms with Crippen LogP contribution < -0.4 is 16.4 Å². The number of hydrogen-bond donors (Lipinski definition) is 2. The van der Waals surface area contributed by atoms with Crippen LogP contribution in [0.1, 0.15) is 21.5 Å². The van der Waals surface area contributed by atoms with E-state index >= 15 is 0 Å². The lowest BCUT2D eigenvalue weighted by molar-refractivity contribution is 0.1000. The summed E-state index contributed by atoms with van der Waals surface area (Å²) in [5, 5.41) is 0. The van der Waals surface area contributed by atoms with Crippen molar-refractivity contribution >= 4 is 23.4 Å². The normalized spacial score (nSPS) is 10.4. The monoisotopic (exact) mass is 394 g/mol. The maximum atomic E-state index is 13.8. The summed E-state index contributed by atoms with van der Waals surface area (Å²) < 4.78 is 19.2. The van der Waals surface area contributed by atoms with E-state index in [-0.39, 0.29) is 24.5 Å². The summed E-state index contributed by atoms with van der Waals surface area (Å²) in [6, 6.07) is 13.6. The van der Waals surface area contributed by atoms with Gasteiger partial charge in [-0.05, 0) is 42.0 Å². The predicted molar refractivity (Wildman–Crippen MR) is 106 cm³/mol. The summed E-state index contributed by atoms with van der Waals surface area (Å²) in [6.45, 7) is 0.0532. The van der Waals surface area contributed by atoms with Crippen molar-refractivity contribution in [2.24, 2.45) is 5.73 Å². The average Bonchev–Trinajstić information content (AvgIpc) is 2.73. The van der Waals surface area contributed by atoms with Crippen LogP contribution in [0.2, 0.25) is 0 Å². The first-order valence-corrected chi connectivity index (χ1v) is 8.71. The summed E-state index contributed by atoms with van der Waals surface area (Å²) >= 11 is 0. The van der Waals surface area contributed by atoms with E-state index in [0.29, 0.717) is 16.7 Å². The molecule has 4 N–H and O–H groups in total. The number of halogens is 1. The highest BCUT2D eigenvalue weighted by Gasteiger charge is 2.21. The molecule has 2 amide bonds. The molecule has 0 aliphatic carbocycles. The van der Waals surface area contributed by atoms with Gasteiger partial charge in [-0.25, -0.2) is 9.18 Å². The Morgan fingerprint density at radius 2 is 1.83 bits per heavy atom. The summed E-state index contributed by atoms with van der Waals surface area (Å²) in [5.41, 5.74) is 13.3. The lowest BCUT2D eigenvalue weighted by Crippen LogP contribution is -2.31. The first-order chi connectivity index (χ1) is 13.9. The molecule has 0 aliphatic rings. The van der Waals surface area contributed by atoms with Gasteiger partial charge in [-0.15, -0.1) is 0 Å². The molecule has 0 spiro atoms. The minimum atomic E-state index is -0.704. The summed E-state index contributed by atoms with van der Waals surface area (Å²) in [4.78, 5) is 29.2. The van der Waals surface area contributed by atoms with Gasteiger partial charge in [0.05, 0.1) is 17.9 Å². The van der Waals surface area contributed by atoms with E-state index in [1.54, 1.807) is 48.8 Å². The summed E-state index contributed by atoms with van der Waals surface area (Å²) in [7, 11) is 0. The van der Waals surface area contributed by atoms with Crippen molar-refractivity contribution in [1.82, 2.24) is 4.98 Å². The van der Waals surface area contributed by atoms with E-state index in [4.69, 9.17) is 16.2 Å². The number of pyridine rings is 1. The van der Waals surface area contributed by atoms with Crippen molar-refractivity contribution in [2.75, 3.05) is 10.6 Å². The number of ether oxygens (including phenoxy) is 1. The molecule has 3 rings (SSSR count). The zero-order chi connectivity index (χ0) is 20.8. The molecule has 0 saturated carbocycles. The molecule has 2 aromatic carbocycles. The van der Waals surface area contributed by atoms with Crippen molar-refractivity contribution in [3.8, 4) is 0 Å². The van der Waals surface area contributed by atoms with Crippen LogP contribution in [-0.2, 0) is 17.9 Å². The highest BCUT2D eigenvalue weighted by Crippen LogP contribution is 2.27. The Balaban J connectivity index is 1.85. The molecule has 0 saturated heterocycles. The molecular formula is C21H19FN4O3. The number of primary amides is 1. The summed E-state index contributed by atoms with van der Waals surface area (Å²) in [5.74, 6) is -1.10. The molecule has 29 heavy (non-hydrogen) atoms. The molecule has 8 heteroatoms. The maximum absolute atomic E-state index is 13.8. The Kier molecular flexibility index (Phi) is 6.03. The fourth-order valence-electron chi connectivity index (χ4n) is 2.66. The lowest BCUT2D eigenvalue weighted by Gasteiger charge is -2.24. The molecule has 0 radical (unpaired) electrons. The molecule has 3 aromatic rings. The maximum Gasteiger partial charge on any atom is 0.415 e. The molecule has 0 aliphatic heterocycles. The molecule has 0 fully saturated rings. The molecule has 1 heterocycles. The van der Waals surface area contributed by atoms with Crippen LogP contribution in [0.5, 0.6) is 0 Å². The van der Waals surface area contributed by atoms with Crippen molar-refractivity contribution in [1.29, 1.82) is 0 Å². The second-order valence-corrected chi connectivity index (χ2v) is 6.27. The topological polar surface area (TPSA) is 112 Å². The van der Waals surface area contributed by atoms with Crippen molar-refractivity contribution in [3.05, 3.63) is 89.5 Å². The number of amides is 2. The molecule has 0 unspecified atom stereocenters. The van der Waals surface area contributed by atoms with E-state index in [9.17, 15) is 14.0 Å². The highest BCUT2D eigenvalue weighted by atomic mass is 19.1. The van der Waals surface area contributed by atoms with Crippen LogP contribution in [-0.4, -0.2) is 17.0 Å². The van der Waals surface area contributed by atoms with E-state index in [0.717, 1.165) is 0 Å². The fourth-order valence-corrected chi connectivity index (χ4v) is 2.66. The first kappa shape index (κ1) is 19.8. The Morgan fingerprint density at radius 3 is 2.48 bits per heavy atom. The minimum Gasteiger partial charge on any atom is -0.444 e. The Hall–Kier alpha value is -3.94. The van der Waals surface area contributed by atoms with Crippen molar-refractivity contribution in [3.63, 3.8) is 0 Å². The van der Waals surface area contributed by atoms with Gasteiger partial charge in [0.15, 0.2) is 0 Å². The largest absolute Gasteiger partial charge is 0.444 e. The Morgan fingerprint density at radius 1 is 1.07 bits per heavy atom. The van der Waals surface area contributed by atoms with E-state index in [1.165, 1.54) is 23.1 Å². The van der Waals surface area contributed by atoms with Gasteiger partial charge >= 0.3 is 6.09 Å². The third-order valence-corrected chi connectivity index (χ3v) is 4.17. The molecule has 0 bridgehead atoms. The van der Waals surface area contributed by atoms with Crippen LogP contribution in [0.15, 0.2) is 67.0 Å². The number of anilines is 2. The Labute approximate surface area is 166 Å². The Bertz CT molecular complexity index is 1010. The minimum absolute atomic E-state index is 0.000985. The van der Waals surface area contributed by atoms with Crippen LogP contribution in [0.3, 0.4) is 0 Å². The zero-order valence-corrected chi connectivity index (χ0v) is 15.4. The number of nitrogen functional groups attached to an aromatic ring is 1. The molecule has 7 nitrogen and oxygen atoms in total. The number of carbonyl (C=O) groups is 2. The SMILES string of the molecule is NC(=O)c1ccc(CN(C(=O)OCc2cccnc2)c2cc(F)ccc2N)cc1. The molecule has 148 valence electrons. The van der Waals surface area contributed by atoms with Crippen LogP contribution in [0.25, 0.3) is 0 Å².